The monoisotopic (exact) mass is 426 g/mol. The van der Waals surface area contributed by atoms with E-state index >= 15 is 0 Å². The average molecular weight is 427 g/mol. The average Bonchev–Trinajstić information content (AvgIpc) is 2.81. The van der Waals surface area contributed by atoms with E-state index in [2.05, 4.69) is 0 Å². The summed E-state index contributed by atoms with van der Waals surface area (Å²) in [4.78, 5) is 0. The number of ether oxygens (including phenoxy) is 2. The van der Waals surface area contributed by atoms with Crippen molar-refractivity contribution in [1.29, 1.82) is 0 Å². The highest BCUT2D eigenvalue weighted by atomic mass is 16.5. The summed E-state index contributed by atoms with van der Waals surface area (Å²) in [5, 5.41) is 18.8. The Balaban J connectivity index is 1.24. The van der Waals surface area contributed by atoms with Crippen LogP contribution in [0.15, 0.2) is 97.1 Å². The van der Waals surface area contributed by atoms with Crippen LogP contribution in [0.25, 0.3) is 22.3 Å². The van der Waals surface area contributed by atoms with E-state index in [0.29, 0.717) is 6.61 Å². The molecule has 0 fully saturated rings. The lowest BCUT2D eigenvalue weighted by atomic mass is 10.1. The molecule has 4 aromatic rings. The van der Waals surface area contributed by atoms with Gasteiger partial charge in [0.2, 0.25) is 0 Å². The summed E-state index contributed by atoms with van der Waals surface area (Å²) in [5.74, 6) is 2.16. The molecule has 2 N–H and O–H groups in total. The molecule has 162 valence electrons. The van der Waals surface area contributed by atoms with Gasteiger partial charge < -0.3 is 19.7 Å². The Morgan fingerprint density at radius 1 is 0.562 bits per heavy atom. The predicted molar refractivity (Wildman–Crippen MR) is 127 cm³/mol. The van der Waals surface area contributed by atoms with Crippen molar-refractivity contribution in [3.8, 4) is 45.3 Å². The van der Waals surface area contributed by atoms with Crippen molar-refractivity contribution in [1.82, 2.24) is 0 Å². The van der Waals surface area contributed by atoms with Gasteiger partial charge in [0.05, 0.1) is 12.7 Å². The van der Waals surface area contributed by atoms with E-state index in [0.717, 1.165) is 40.2 Å². The Morgan fingerprint density at radius 3 is 1.38 bits per heavy atom. The van der Waals surface area contributed by atoms with Gasteiger partial charge in [0.25, 0.3) is 0 Å². The van der Waals surface area contributed by atoms with Crippen molar-refractivity contribution < 1.29 is 19.7 Å². The van der Waals surface area contributed by atoms with Crippen LogP contribution in [0.4, 0.5) is 0 Å². The molecule has 0 spiro atoms. The van der Waals surface area contributed by atoms with Gasteiger partial charge in [0.15, 0.2) is 0 Å². The summed E-state index contributed by atoms with van der Waals surface area (Å²) in [6.45, 7) is 2.59. The molecule has 32 heavy (non-hydrogen) atoms. The smallest absolute Gasteiger partial charge is 0.119 e. The molecule has 0 saturated carbocycles. The molecule has 0 saturated heterocycles. The zero-order chi connectivity index (χ0) is 22.3. The van der Waals surface area contributed by atoms with E-state index in [9.17, 15) is 10.2 Å². The molecular weight excluding hydrogens is 400 g/mol. The number of aromatic hydroxyl groups is 2. The number of phenolic OH excluding ortho intramolecular Hbond substituents is 2. The molecule has 0 heterocycles. The van der Waals surface area contributed by atoms with E-state index in [-0.39, 0.29) is 17.6 Å². The van der Waals surface area contributed by atoms with E-state index in [1.54, 1.807) is 24.3 Å². The third-order valence-corrected chi connectivity index (χ3v) is 5.24. The van der Waals surface area contributed by atoms with Crippen LogP contribution in [0.3, 0.4) is 0 Å². The molecule has 1 atom stereocenters. The van der Waals surface area contributed by atoms with Crippen molar-refractivity contribution in [3.05, 3.63) is 97.1 Å². The van der Waals surface area contributed by atoms with Crippen molar-refractivity contribution in [2.75, 3.05) is 6.61 Å². The van der Waals surface area contributed by atoms with Crippen molar-refractivity contribution in [3.63, 3.8) is 0 Å². The molecule has 0 amide bonds. The number of hydrogen-bond acceptors (Lipinski definition) is 4. The first-order valence-corrected chi connectivity index (χ1v) is 10.7. The van der Waals surface area contributed by atoms with E-state index in [1.807, 2.05) is 79.7 Å². The maximum Gasteiger partial charge on any atom is 0.119 e. The molecule has 4 heteroatoms. The highest BCUT2D eigenvalue weighted by Crippen LogP contribution is 2.26. The van der Waals surface area contributed by atoms with Crippen LogP contribution in [-0.2, 0) is 0 Å². The van der Waals surface area contributed by atoms with Gasteiger partial charge in [-0.05, 0) is 77.7 Å². The highest BCUT2D eigenvalue weighted by molar-refractivity contribution is 5.65. The van der Waals surface area contributed by atoms with Crippen LogP contribution in [-0.4, -0.2) is 22.9 Å². The molecule has 0 aliphatic rings. The molecule has 4 nitrogen and oxygen atoms in total. The SMILES string of the molecule is CC(CCOc1ccc(-c2ccc(O)cc2)cc1)Oc1ccc(-c2ccc(O)cc2)cc1. The highest BCUT2D eigenvalue weighted by Gasteiger charge is 2.06. The Morgan fingerprint density at radius 2 is 0.938 bits per heavy atom. The van der Waals surface area contributed by atoms with Crippen LogP contribution < -0.4 is 9.47 Å². The van der Waals surface area contributed by atoms with Crippen LogP contribution in [0, 0.1) is 0 Å². The Hall–Kier alpha value is -3.92. The fraction of sp³-hybridized carbons (Fsp3) is 0.143. The van der Waals surface area contributed by atoms with Gasteiger partial charge in [0, 0.05) is 6.42 Å². The minimum atomic E-state index is 0.0193. The summed E-state index contributed by atoms with van der Waals surface area (Å²) < 4.78 is 11.9. The fourth-order valence-electron chi connectivity index (χ4n) is 3.41. The van der Waals surface area contributed by atoms with Crippen LogP contribution >= 0.6 is 0 Å². The molecule has 0 aliphatic heterocycles. The van der Waals surface area contributed by atoms with Crippen molar-refractivity contribution in [2.24, 2.45) is 0 Å². The Kier molecular flexibility index (Phi) is 6.61. The van der Waals surface area contributed by atoms with Crippen molar-refractivity contribution in [2.45, 2.75) is 19.4 Å². The second kappa shape index (κ2) is 9.92. The van der Waals surface area contributed by atoms with Gasteiger partial charge in [-0.25, -0.2) is 0 Å². The zero-order valence-electron chi connectivity index (χ0n) is 17.9. The Labute approximate surface area is 188 Å². The van der Waals surface area contributed by atoms with Gasteiger partial charge in [-0.2, -0.15) is 0 Å². The number of rotatable bonds is 8. The minimum Gasteiger partial charge on any atom is -0.508 e. The first-order valence-electron chi connectivity index (χ1n) is 10.7. The molecule has 4 aromatic carbocycles. The quantitative estimate of drug-likeness (QED) is 0.330. The third-order valence-electron chi connectivity index (χ3n) is 5.24. The van der Waals surface area contributed by atoms with Gasteiger partial charge in [-0.3, -0.25) is 0 Å². The maximum atomic E-state index is 9.42. The van der Waals surface area contributed by atoms with E-state index in [1.165, 1.54) is 0 Å². The first kappa shape index (κ1) is 21.3. The lowest BCUT2D eigenvalue weighted by Crippen LogP contribution is -2.15. The summed E-state index contributed by atoms with van der Waals surface area (Å²) in [7, 11) is 0. The predicted octanol–water partition coefficient (Wildman–Crippen LogP) is 6.67. The van der Waals surface area contributed by atoms with Gasteiger partial charge in [-0.15, -0.1) is 0 Å². The fourth-order valence-corrected chi connectivity index (χ4v) is 3.41. The van der Waals surface area contributed by atoms with E-state index < -0.39 is 0 Å². The molecule has 1 unspecified atom stereocenters. The van der Waals surface area contributed by atoms with Gasteiger partial charge in [-0.1, -0.05) is 48.5 Å². The summed E-state index contributed by atoms with van der Waals surface area (Å²) in [5.41, 5.74) is 4.24. The topological polar surface area (TPSA) is 58.9 Å². The normalized spacial score (nSPS) is 11.7. The third kappa shape index (κ3) is 5.61. The molecule has 4 rings (SSSR count). The zero-order valence-corrected chi connectivity index (χ0v) is 17.9. The minimum absolute atomic E-state index is 0.0193. The molecule has 0 radical (unpaired) electrons. The second-order valence-electron chi connectivity index (χ2n) is 7.71. The lowest BCUT2D eigenvalue weighted by molar-refractivity contribution is 0.177. The second-order valence-corrected chi connectivity index (χ2v) is 7.71. The molecule has 0 aromatic heterocycles. The lowest BCUT2D eigenvalue weighted by Gasteiger charge is -2.16. The summed E-state index contributed by atoms with van der Waals surface area (Å²) in [6.07, 6.45) is 0.783. The van der Waals surface area contributed by atoms with Crippen LogP contribution in [0.5, 0.6) is 23.0 Å². The first-order chi connectivity index (χ1) is 15.6. The standard InChI is InChI=1S/C28H26O4/c1-20(32-28-16-8-24(9-17-28)22-4-12-26(30)13-5-22)18-19-31-27-14-6-23(7-15-27)21-2-10-25(29)11-3-21/h2-17,20,29-30H,18-19H2,1H3. The number of hydrogen-bond donors (Lipinski definition) is 2. The van der Waals surface area contributed by atoms with E-state index in [4.69, 9.17) is 9.47 Å². The molecule has 0 aliphatic carbocycles. The molecule has 0 bridgehead atoms. The van der Waals surface area contributed by atoms with Crippen LogP contribution in [0.2, 0.25) is 0 Å². The van der Waals surface area contributed by atoms with Crippen LogP contribution in [0.1, 0.15) is 13.3 Å². The van der Waals surface area contributed by atoms with Gasteiger partial charge in [0.1, 0.15) is 23.0 Å². The largest absolute Gasteiger partial charge is 0.508 e. The number of phenols is 2. The Bertz CT molecular complexity index is 1120. The number of benzene rings is 4. The molecular formula is C28H26O4. The van der Waals surface area contributed by atoms with Crippen molar-refractivity contribution >= 4 is 0 Å². The maximum absolute atomic E-state index is 9.42. The van der Waals surface area contributed by atoms with Gasteiger partial charge >= 0.3 is 0 Å². The summed E-state index contributed by atoms with van der Waals surface area (Å²) in [6, 6.07) is 30.2. The summed E-state index contributed by atoms with van der Waals surface area (Å²) >= 11 is 0.